The second kappa shape index (κ2) is 5.74. The Bertz CT molecular complexity index is 459. The van der Waals surface area contributed by atoms with Crippen LogP contribution in [0.5, 0.6) is 5.75 Å². The highest BCUT2D eigenvalue weighted by Crippen LogP contribution is 2.42. The first-order chi connectivity index (χ1) is 9.70. The Hall–Kier alpha value is -1.06. The molecule has 3 nitrogen and oxygen atoms in total. The Kier molecular flexibility index (Phi) is 3.99. The lowest BCUT2D eigenvalue weighted by Crippen LogP contribution is -2.40. The van der Waals surface area contributed by atoms with E-state index in [1.807, 2.05) is 12.1 Å². The Morgan fingerprint density at radius 1 is 1.35 bits per heavy atom. The molecule has 0 bridgehead atoms. The molecule has 3 atom stereocenters. The van der Waals surface area contributed by atoms with Crippen molar-refractivity contribution in [1.29, 1.82) is 0 Å². The van der Waals surface area contributed by atoms with Gasteiger partial charge in [0.15, 0.2) is 0 Å². The quantitative estimate of drug-likeness (QED) is 0.921. The summed E-state index contributed by atoms with van der Waals surface area (Å²) in [5, 5.41) is 10.9. The van der Waals surface area contributed by atoms with E-state index in [2.05, 4.69) is 12.1 Å². The van der Waals surface area contributed by atoms with Crippen molar-refractivity contribution in [2.45, 2.75) is 56.1 Å². The smallest absolute Gasteiger partial charge is 0.122 e. The first-order valence-corrected chi connectivity index (χ1v) is 7.67. The zero-order valence-corrected chi connectivity index (χ0v) is 12.2. The molecular formula is C17H24O3. The SMILES string of the molecule is COC1CCCC(O)(CC2CCOc3ccccc32)C1. The Labute approximate surface area is 120 Å². The molecule has 0 saturated heterocycles. The van der Waals surface area contributed by atoms with Gasteiger partial charge in [0.25, 0.3) is 0 Å². The molecule has 1 saturated carbocycles. The van der Waals surface area contributed by atoms with Crippen LogP contribution in [0.4, 0.5) is 0 Å². The van der Waals surface area contributed by atoms with Crippen molar-refractivity contribution in [2.24, 2.45) is 0 Å². The van der Waals surface area contributed by atoms with Crippen molar-refractivity contribution in [3.63, 3.8) is 0 Å². The largest absolute Gasteiger partial charge is 0.493 e. The van der Waals surface area contributed by atoms with Crippen LogP contribution < -0.4 is 4.74 Å². The number of rotatable bonds is 3. The van der Waals surface area contributed by atoms with E-state index in [9.17, 15) is 5.11 Å². The third kappa shape index (κ3) is 2.84. The van der Waals surface area contributed by atoms with E-state index in [1.54, 1.807) is 7.11 Å². The predicted molar refractivity (Wildman–Crippen MR) is 78.1 cm³/mol. The van der Waals surface area contributed by atoms with Gasteiger partial charge in [-0.05, 0) is 49.7 Å². The van der Waals surface area contributed by atoms with E-state index < -0.39 is 5.60 Å². The molecule has 1 aliphatic carbocycles. The molecule has 1 aromatic rings. The molecule has 0 aromatic heterocycles. The predicted octanol–water partition coefficient (Wildman–Crippen LogP) is 3.26. The molecule has 1 fully saturated rings. The topological polar surface area (TPSA) is 38.7 Å². The third-order valence-corrected chi connectivity index (χ3v) is 4.82. The van der Waals surface area contributed by atoms with Crippen LogP contribution in [0.25, 0.3) is 0 Å². The van der Waals surface area contributed by atoms with Gasteiger partial charge in [0.1, 0.15) is 5.75 Å². The first-order valence-electron chi connectivity index (χ1n) is 7.67. The zero-order chi connectivity index (χ0) is 14.0. The van der Waals surface area contributed by atoms with Crippen molar-refractivity contribution in [3.8, 4) is 5.75 Å². The van der Waals surface area contributed by atoms with Crippen molar-refractivity contribution < 1.29 is 14.6 Å². The number of methoxy groups -OCH3 is 1. The molecule has 1 aromatic carbocycles. The second-order valence-electron chi connectivity index (χ2n) is 6.25. The Balaban J connectivity index is 1.75. The average molecular weight is 276 g/mol. The summed E-state index contributed by atoms with van der Waals surface area (Å²) in [6, 6.07) is 8.24. The van der Waals surface area contributed by atoms with E-state index >= 15 is 0 Å². The van der Waals surface area contributed by atoms with Gasteiger partial charge in [-0.1, -0.05) is 18.2 Å². The summed E-state index contributed by atoms with van der Waals surface area (Å²) in [5.74, 6) is 1.40. The summed E-state index contributed by atoms with van der Waals surface area (Å²) in [5.41, 5.74) is 0.681. The van der Waals surface area contributed by atoms with E-state index in [4.69, 9.17) is 9.47 Å². The van der Waals surface area contributed by atoms with Crippen molar-refractivity contribution in [3.05, 3.63) is 29.8 Å². The van der Waals surface area contributed by atoms with Gasteiger partial charge in [-0.2, -0.15) is 0 Å². The van der Waals surface area contributed by atoms with Crippen LogP contribution in [0.3, 0.4) is 0 Å². The highest BCUT2D eigenvalue weighted by atomic mass is 16.5. The molecule has 3 rings (SSSR count). The van der Waals surface area contributed by atoms with Gasteiger partial charge in [-0.25, -0.2) is 0 Å². The Morgan fingerprint density at radius 2 is 2.20 bits per heavy atom. The number of hydrogen-bond donors (Lipinski definition) is 1. The van der Waals surface area contributed by atoms with Crippen LogP contribution in [0.2, 0.25) is 0 Å². The van der Waals surface area contributed by atoms with Gasteiger partial charge >= 0.3 is 0 Å². The van der Waals surface area contributed by atoms with Crippen LogP contribution in [0.1, 0.15) is 50.0 Å². The number of para-hydroxylation sites is 1. The van der Waals surface area contributed by atoms with Gasteiger partial charge in [0.05, 0.1) is 18.3 Å². The molecule has 3 heteroatoms. The third-order valence-electron chi connectivity index (χ3n) is 4.82. The lowest BCUT2D eigenvalue weighted by Gasteiger charge is -2.39. The number of aliphatic hydroxyl groups is 1. The van der Waals surface area contributed by atoms with Gasteiger partial charge in [0, 0.05) is 13.5 Å². The average Bonchev–Trinajstić information content (AvgIpc) is 2.47. The zero-order valence-electron chi connectivity index (χ0n) is 12.2. The number of fused-ring (bicyclic) bond motifs is 1. The summed E-state index contributed by atoms with van der Waals surface area (Å²) in [6.45, 7) is 0.755. The van der Waals surface area contributed by atoms with E-state index in [1.165, 1.54) is 5.56 Å². The fourth-order valence-electron chi connectivity index (χ4n) is 3.76. The van der Waals surface area contributed by atoms with Gasteiger partial charge < -0.3 is 14.6 Å². The minimum absolute atomic E-state index is 0.212. The Morgan fingerprint density at radius 3 is 3.05 bits per heavy atom. The van der Waals surface area contributed by atoms with Crippen molar-refractivity contribution in [1.82, 2.24) is 0 Å². The lowest BCUT2D eigenvalue weighted by molar-refractivity contribution is -0.0682. The van der Waals surface area contributed by atoms with Crippen molar-refractivity contribution >= 4 is 0 Å². The van der Waals surface area contributed by atoms with Crippen LogP contribution in [0.15, 0.2) is 24.3 Å². The van der Waals surface area contributed by atoms with E-state index in [-0.39, 0.29) is 6.10 Å². The number of hydrogen-bond acceptors (Lipinski definition) is 3. The summed E-state index contributed by atoms with van der Waals surface area (Å²) in [6.07, 6.45) is 5.83. The summed E-state index contributed by atoms with van der Waals surface area (Å²) >= 11 is 0. The molecule has 110 valence electrons. The van der Waals surface area contributed by atoms with Gasteiger partial charge in [-0.15, -0.1) is 0 Å². The normalized spacial score (nSPS) is 33.3. The maximum Gasteiger partial charge on any atom is 0.122 e. The van der Waals surface area contributed by atoms with E-state index in [0.717, 1.165) is 50.9 Å². The maximum absolute atomic E-state index is 10.9. The minimum atomic E-state index is -0.575. The standard InChI is InChI=1S/C17H24O3/c1-19-14-5-4-9-17(18,12-14)11-13-8-10-20-16-7-3-2-6-15(13)16/h2-3,6-7,13-14,18H,4-5,8-12H2,1H3. The van der Waals surface area contributed by atoms with Gasteiger partial charge in [-0.3, -0.25) is 0 Å². The van der Waals surface area contributed by atoms with Gasteiger partial charge in [0.2, 0.25) is 0 Å². The fourth-order valence-corrected chi connectivity index (χ4v) is 3.76. The van der Waals surface area contributed by atoms with Crippen LogP contribution in [0, 0.1) is 0 Å². The lowest BCUT2D eigenvalue weighted by atomic mass is 9.74. The number of ether oxygens (including phenoxy) is 2. The second-order valence-corrected chi connectivity index (χ2v) is 6.25. The molecule has 1 N–H and O–H groups in total. The number of benzene rings is 1. The molecule has 1 heterocycles. The molecule has 0 spiro atoms. The van der Waals surface area contributed by atoms with E-state index in [0.29, 0.717) is 5.92 Å². The molecule has 0 amide bonds. The molecule has 0 radical (unpaired) electrons. The molecule has 3 unspecified atom stereocenters. The van der Waals surface area contributed by atoms with Crippen LogP contribution in [-0.2, 0) is 4.74 Å². The maximum atomic E-state index is 10.9. The highest BCUT2D eigenvalue weighted by molar-refractivity contribution is 5.38. The van der Waals surface area contributed by atoms with Crippen molar-refractivity contribution in [2.75, 3.05) is 13.7 Å². The monoisotopic (exact) mass is 276 g/mol. The summed E-state index contributed by atoms with van der Waals surface area (Å²) < 4.78 is 11.2. The fraction of sp³-hybridized carbons (Fsp3) is 0.647. The minimum Gasteiger partial charge on any atom is -0.493 e. The summed E-state index contributed by atoms with van der Waals surface area (Å²) in [4.78, 5) is 0. The van der Waals surface area contributed by atoms with Crippen LogP contribution in [-0.4, -0.2) is 30.5 Å². The molecule has 2 aliphatic rings. The van der Waals surface area contributed by atoms with Crippen LogP contribution >= 0.6 is 0 Å². The summed E-state index contributed by atoms with van der Waals surface area (Å²) in [7, 11) is 1.75. The first kappa shape index (κ1) is 13.9. The highest BCUT2D eigenvalue weighted by Gasteiger charge is 2.38. The molecule has 1 aliphatic heterocycles. The molecular weight excluding hydrogens is 252 g/mol. The molecule has 20 heavy (non-hydrogen) atoms.